The van der Waals surface area contributed by atoms with Gasteiger partial charge in [-0.2, -0.15) is 4.31 Å². The maximum absolute atomic E-state index is 12.9. The fourth-order valence-corrected chi connectivity index (χ4v) is 4.58. The highest BCUT2D eigenvalue weighted by Gasteiger charge is 2.36. The zero-order chi connectivity index (χ0) is 16.6. The number of aryl methyl sites for hydroxylation is 1. The van der Waals surface area contributed by atoms with Gasteiger partial charge >= 0.3 is 0 Å². The summed E-state index contributed by atoms with van der Waals surface area (Å²) in [7, 11) is -2.46. The summed E-state index contributed by atoms with van der Waals surface area (Å²) >= 11 is 0. The number of nitro groups is 1. The number of nitro benzene ring substituents is 1. The third-order valence-electron chi connectivity index (χ3n) is 4.26. The van der Waals surface area contributed by atoms with Gasteiger partial charge in [-0.1, -0.05) is 36.4 Å². The molecular formula is C16H16N2O4S. The number of nitrogens with zero attached hydrogens (tertiary/aromatic N) is 2. The van der Waals surface area contributed by atoms with Crippen LogP contribution in [0, 0.1) is 10.1 Å². The molecule has 3 rings (SSSR count). The van der Waals surface area contributed by atoms with Gasteiger partial charge in [0.05, 0.1) is 11.0 Å². The van der Waals surface area contributed by atoms with Gasteiger partial charge in [-0.15, -0.1) is 0 Å². The first-order chi connectivity index (χ1) is 10.9. The van der Waals surface area contributed by atoms with Crippen LogP contribution in [0.3, 0.4) is 0 Å². The number of para-hydroxylation sites is 1. The molecule has 1 aliphatic rings. The van der Waals surface area contributed by atoms with Crippen molar-refractivity contribution in [2.45, 2.75) is 23.8 Å². The summed E-state index contributed by atoms with van der Waals surface area (Å²) < 4.78 is 27.0. The smallest absolute Gasteiger partial charge is 0.258 e. The predicted octanol–water partition coefficient (Wildman–Crippen LogP) is 2.90. The van der Waals surface area contributed by atoms with Crippen molar-refractivity contribution < 1.29 is 13.3 Å². The van der Waals surface area contributed by atoms with Crippen molar-refractivity contribution in [1.29, 1.82) is 0 Å². The Kier molecular flexibility index (Phi) is 3.91. The lowest BCUT2D eigenvalue weighted by Crippen LogP contribution is -2.30. The molecule has 0 amide bonds. The molecule has 23 heavy (non-hydrogen) atoms. The minimum absolute atomic E-state index is 0.267. The molecule has 0 N–H and O–H groups in total. The van der Waals surface area contributed by atoms with E-state index < -0.39 is 20.6 Å². The van der Waals surface area contributed by atoms with E-state index in [4.69, 9.17) is 0 Å². The molecule has 0 fully saturated rings. The summed E-state index contributed by atoms with van der Waals surface area (Å²) in [6, 6.07) is 12.9. The number of fused-ring (bicyclic) bond motifs is 1. The van der Waals surface area contributed by atoms with Crippen LogP contribution in [-0.4, -0.2) is 24.7 Å². The highest BCUT2D eigenvalue weighted by atomic mass is 32.2. The predicted molar refractivity (Wildman–Crippen MR) is 85.5 cm³/mol. The zero-order valence-corrected chi connectivity index (χ0v) is 13.4. The number of hydrogen-bond donors (Lipinski definition) is 0. The standard InChI is InChI=1S/C16H16N2O4S/c1-17(14-11-10-12-6-2-3-7-13(12)14)23(21,22)16-9-5-4-8-15(16)18(19)20/h2-9,14H,10-11H2,1H3. The Morgan fingerprint density at radius 1 is 1.13 bits per heavy atom. The maximum atomic E-state index is 12.9. The minimum atomic E-state index is -3.95. The van der Waals surface area contributed by atoms with Gasteiger partial charge in [0.1, 0.15) is 0 Å². The van der Waals surface area contributed by atoms with E-state index in [1.807, 2.05) is 24.3 Å². The Balaban J connectivity index is 2.03. The van der Waals surface area contributed by atoms with Crippen LogP contribution in [0.2, 0.25) is 0 Å². The Hall–Kier alpha value is -2.25. The maximum Gasteiger partial charge on any atom is 0.289 e. The fraction of sp³-hybridized carbons (Fsp3) is 0.250. The lowest BCUT2D eigenvalue weighted by Gasteiger charge is -2.24. The van der Waals surface area contributed by atoms with Gasteiger partial charge in [0.25, 0.3) is 5.69 Å². The Bertz CT molecular complexity index is 864. The first-order valence-electron chi connectivity index (χ1n) is 7.22. The first-order valence-corrected chi connectivity index (χ1v) is 8.66. The Morgan fingerprint density at radius 2 is 1.78 bits per heavy atom. The van der Waals surface area contributed by atoms with E-state index in [2.05, 4.69) is 0 Å². The summed E-state index contributed by atoms with van der Waals surface area (Å²) in [6.45, 7) is 0. The molecule has 0 aromatic heterocycles. The molecular weight excluding hydrogens is 316 g/mol. The molecule has 6 nitrogen and oxygen atoms in total. The largest absolute Gasteiger partial charge is 0.289 e. The van der Waals surface area contributed by atoms with Crippen LogP contribution in [0.5, 0.6) is 0 Å². The second-order valence-electron chi connectivity index (χ2n) is 5.50. The van der Waals surface area contributed by atoms with E-state index in [-0.39, 0.29) is 10.9 Å². The SMILES string of the molecule is CN(C1CCc2ccccc21)S(=O)(=O)c1ccccc1[N+](=O)[O-]. The molecule has 0 aliphatic heterocycles. The number of hydrogen-bond acceptors (Lipinski definition) is 4. The normalized spacial score (nSPS) is 17.2. The van der Waals surface area contributed by atoms with Crippen molar-refractivity contribution >= 4 is 15.7 Å². The highest BCUT2D eigenvalue weighted by molar-refractivity contribution is 7.89. The van der Waals surface area contributed by atoms with Crippen molar-refractivity contribution in [2.75, 3.05) is 7.05 Å². The van der Waals surface area contributed by atoms with Gasteiger partial charge in [-0.25, -0.2) is 8.42 Å². The summed E-state index contributed by atoms with van der Waals surface area (Å²) in [5, 5.41) is 11.1. The third kappa shape index (κ3) is 2.62. The summed E-state index contributed by atoms with van der Waals surface area (Å²) in [4.78, 5) is 10.2. The van der Waals surface area contributed by atoms with Crippen LogP contribution in [0.1, 0.15) is 23.6 Å². The minimum Gasteiger partial charge on any atom is -0.258 e. The molecule has 0 heterocycles. The zero-order valence-electron chi connectivity index (χ0n) is 12.5. The first kappa shape index (κ1) is 15.6. The number of benzene rings is 2. The van der Waals surface area contributed by atoms with Gasteiger partial charge < -0.3 is 0 Å². The van der Waals surface area contributed by atoms with Gasteiger partial charge in [0.15, 0.2) is 4.90 Å². The quantitative estimate of drug-likeness (QED) is 0.637. The van der Waals surface area contributed by atoms with E-state index in [1.54, 1.807) is 0 Å². The Labute approximate surface area is 134 Å². The monoisotopic (exact) mass is 332 g/mol. The molecule has 1 unspecified atom stereocenters. The molecule has 120 valence electrons. The van der Waals surface area contributed by atoms with Crippen molar-refractivity contribution in [3.8, 4) is 0 Å². The van der Waals surface area contributed by atoms with Crippen LogP contribution in [-0.2, 0) is 16.4 Å². The second-order valence-corrected chi connectivity index (χ2v) is 7.47. The second kappa shape index (κ2) is 5.75. The average Bonchev–Trinajstić information content (AvgIpc) is 2.98. The van der Waals surface area contributed by atoms with Gasteiger partial charge in [0, 0.05) is 13.1 Å². The lowest BCUT2D eigenvalue weighted by molar-refractivity contribution is -0.387. The van der Waals surface area contributed by atoms with E-state index >= 15 is 0 Å². The van der Waals surface area contributed by atoms with Crippen molar-refractivity contribution in [3.05, 3.63) is 69.8 Å². The number of sulfonamides is 1. The fourth-order valence-electron chi connectivity index (χ4n) is 3.06. The molecule has 1 aliphatic carbocycles. The van der Waals surface area contributed by atoms with E-state index in [0.717, 1.165) is 17.5 Å². The van der Waals surface area contributed by atoms with Crippen LogP contribution in [0.4, 0.5) is 5.69 Å². The van der Waals surface area contributed by atoms with Crippen LogP contribution in [0.25, 0.3) is 0 Å². The highest BCUT2D eigenvalue weighted by Crippen LogP contribution is 2.38. The van der Waals surface area contributed by atoms with Crippen LogP contribution in [0.15, 0.2) is 53.4 Å². The van der Waals surface area contributed by atoms with Gasteiger partial charge in [-0.3, -0.25) is 10.1 Å². The van der Waals surface area contributed by atoms with Crippen molar-refractivity contribution in [3.63, 3.8) is 0 Å². The molecule has 0 saturated carbocycles. The molecule has 1 atom stereocenters. The molecule has 0 saturated heterocycles. The summed E-state index contributed by atoms with van der Waals surface area (Å²) in [5.74, 6) is 0. The Morgan fingerprint density at radius 3 is 2.52 bits per heavy atom. The third-order valence-corrected chi connectivity index (χ3v) is 6.17. The number of rotatable bonds is 4. The van der Waals surface area contributed by atoms with Crippen LogP contribution < -0.4 is 0 Å². The average molecular weight is 332 g/mol. The topological polar surface area (TPSA) is 80.5 Å². The van der Waals surface area contributed by atoms with E-state index in [0.29, 0.717) is 6.42 Å². The van der Waals surface area contributed by atoms with Gasteiger partial charge in [-0.05, 0) is 30.0 Å². The van der Waals surface area contributed by atoms with Crippen molar-refractivity contribution in [1.82, 2.24) is 4.31 Å². The lowest BCUT2D eigenvalue weighted by atomic mass is 10.1. The summed E-state index contributed by atoms with van der Waals surface area (Å²) in [5.41, 5.74) is 1.70. The molecule has 0 bridgehead atoms. The summed E-state index contributed by atoms with van der Waals surface area (Å²) in [6.07, 6.45) is 1.48. The molecule has 7 heteroatoms. The molecule has 2 aromatic carbocycles. The van der Waals surface area contributed by atoms with E-state index in [9.17, 15) is 18.5 Å². The van der Waals surface area contributed by atoms with Crippen LogP contribution >= 0.6 is 0 Å². The van der Waals surface area contributed by atoms with E-state index in [1.165, 1.54) is 35.6 Å². The molecule has 2 aromatic rings. The van der Waals surface area contributed by atoms with Crippen molar-refractivity contribution in [2.24, 2.45) is 0 Å². The molecule has 0 spiro atoms. The molecule has 0 radical (unpaired) electrons. The van der Waals surface area contributed by atoms with Gasteiger partial charge in [0.2, 0.25) is 10.0 Å².